The van der Waals surface area contributed by atoms with Gasteiger partial charge in [0.15, 0.2) is 0 Å². The van der Waals surface area contributed by atoms with E-state index in [0.717, 1.165) is 24.1 Å². The van der Waals surface area contributed by atoms with Crippen LogP contribution in [-0.2, 0) is 0 Å². The average molecular weight is 221 g/mol. The van der Waals surface area contributed by atoms with Gasteiger partial charge in [-0.05, 0) is 55.3 Å². The number of aryl methyl sites for hydroxylation is 1. The summed E-state index contributed by atoms with van der Waals surface area (Å²) in [5, 5.41) is 0. The molecule has 0 aromatic heterocycles. The molecule has 2 heteroatoms. The smallest absolute Gasteiger partial charge is 0.126 e. The third-order valence-electron chi connectivity index (χ3n) is 3.84. The molecule has 1 aliphatic carbocycles. The predicted molar refractivity (Wildman–Crippen MR) is 64.9 cm³/mol. The maximum Gasteiger partial charge on any atom is 0.126 e. The van der Waals surface area contributed by atoms with E-state index in [1.807, 2.05) is 6.07 Å². The monoisotopic (exact) mass is 221 g/mol. The van der Waals surface area contributed by atoms with Crippen LogP contribution in [0.3, 0.4) is 0 Å². The molecule has 1 nitrogen and oxygen atoms in total. The van der Waals surface area contributed by atoms with Crippen molar-refractivity contribution in [3.63, 3.8) is 0 Å². The van der Waals surface area contributed by atoms with Crippen LogP contribution in [0.5, 0.6) is 0 Å². The van der Waals surface area contributed by atoms with Crippen molar-refractivity contribution in [1.82, 2.24) is 0 Å². The second-order valence-electron chi connectivity index (χ2n) is 4.90. The molecule has 0 bridgehead atoms. The zero-order valence-corrected chi connectivity index (χ0v) is 9.88. The van der Waals surface area contributed by atoms with Gasteiger partial charge >= 0.3 is 0 Å². The van der Waals surface area contributed by atoms with Gasteiger partial charge in [-0.25, -0.2) is 4.39 Å². The standard InChI is InChI=1S/C14H20FN/c1-10-6-7-11(8-14(10)15)13-5-3-2-4-12(13)9-16/h6-8,12-13H,2-5,9,16H2,1H3. The highest BCUT2D eigenvalue weighted by Gasteiger charge is 2.25. The molecule has 2 N–H and O–H groups in total. The summed E-state index contributed by atoms with van der Waals surface area (Å²) in [6.45, 7) is 2.53. The Labute approximate surface area is 96.9 Å². The number of halogens is 1. The molecule has 0 spiro atoms. The fraction of sp³-hybridized carbons (Fsp3) is 0.571. The first kappa shape index (κ1) is 11.6. The van der Waals surface area contributed by atoms with Gasteiger partial charge in [-0.1, -0.05) is 25.0 Å². The molecule has 0 amide bonds. The Morgan fingerprint density at radius 1 is 1.31 bits per heavy atom. The Morgan fingerprint density at radius 2 is 2.06 bits per heavy atom. The lowest BCUT2D eigenvalue weighted by Gasteiger charge is -2.31. The molecule has 0 aliphatic heterocycles. The van der Waals surface area contributed by atoms with Gasteiger partial charge in [0.05, 0.1) is 0 Å². The highest BCUT2D eigenvalue weighted by molar-refractivity contribution is 5.27. The van der Waals surface area contributed by atoms with Crippen molar-refractivity contribution in [3.8, 4) is 0 Å². The van der Waals surface area contributed by atoms with E-state index in [1.165, 1.54) is 19.3 Å². The van der Waals surface area contributed by atoms with Gasteiger partial charge in [0.1, 0.15) is 5.82 Å². The highest BCUT2D eigenvalue weighted by atomic mass is 19.1. The molecule has 1 fully saturated rings. The maximum absolute atomic E-state index is 13.5. The zero-order valence-electron chi connectivity index (χ0n) is 9.88. The quantitative estimate of drug-likeness (QED) is 0.814. The fourth-order valence-electron chi connectivity index (χ4n) is 2.77. The molecule has 1 aromatic carbocycles. The third-order valence-corrected chi connectivity index (χ3v) is 3.84. The lowest BCUT2D eigenvalue weighted by atomic mass is 9.75. The van der Waals surface area contributed by atoms with Gasteiger partial charge in [-0.3, -0.25) is 0 Å². The van der Waals surface area contributed by atoms with E-state index < -0.39 is 0 Å². The molecule has 88 valence electrons. The second kappa shape index (κ2) is 4.96. The Kier molecular flexibility index (Phi) is 3.59. The van der Waals surface area contributed by atoms with E-state index in [1.54, 1.807) is 13.0 Å². The summed E-state index contributed by atoms with van der Waals surface area (Å²) in [5.74, 6) is 0.920. The van der Waals surface area contributed by atoms with E-state index in [2.05, 4.69) is 6.07 Å². The lowest BCUT2D eigenvalue weighted by Crippen LogP contribution is -2.25. The van der Waals surface area contributed by atoms with Crippen LogP contribution >= 0.6 is 0 Å². The number of nitrogens with two attached hydrogens (primary N) is 1. The van der Waals surface area contributed by atoms with Gasteiger partial charge in [0.25, 0.3) is 0 Å². The van der Waals surface area contributed by atoms with Crippen molar-refractivity contribution >= 4 is 0 Å². The lowest BCUT2D eigenvalue weighted by molar-refractivity contribution is 0.313. The van der Waals surface area contributed by atoms with Crippen LogP contribution in [0.4, 0.5) is 4.39 Å². The van der Waals surface area contributed by atoms with Crippen molar-refractivity contribution in [2.75, 3.05) is 6.54 Å². The first-order chi connectivity index (χ1) is 7.72. The minimum atomic E-state index is -0.0844. The highest BCUT2D eigenvalue weighted by Crippen LogP contribution is 2.37. The molecule has 2 rings (SSSR count). The topological polar surface area (TPSA) is 26.0 Å². The molecule has 0 radical (unpaired) electrons. The number of benzene rings is 1. The van der Waals surface area contributed by atoms with E-state index in [-0.39, 0.29) is 5.82 Å². The van der Waals surface area contributed by atoms with Crippen LogP contribution in [0, 0.1) is 18.7 Å². The summed E-state index contributed by atoms with van der Waals surface area (Å²) in [5.41, 5.74) is 7.67. The summed E-state index contributed by atoms with van der Waals surface area (Å²) in [7, 11) is 0. The predicted octanol–water partition coefficient (Wildman–Crippen LogP) is 3.37. The van der Waals surface area contributed by atoms with E-state index >= 15 is 0 Å². The molecule has 2 atom stereocenters. The van der Waals surface area contributed by atoms with Crippen LogP contribution in [0.1, 0.15) is 42.7 Å². The Morgan fingerprint density at radius 3 is 2.75 bits per heavy atom. The Hall–Kier alpha value is -0.890. The molecule has 16 heavy (non-hydrogen) atoms. The van der Waals surface area contributed by atoms with Gasteiger partial charge in [-0.2, -0.15) is 0 Å². The molecule has 1 aliphatic rings. The second-order valence-corrected chi connectivity index (χ2v) is 4.90. The van der Waals surface area contributed by atoms with Gasteiger partial charge in [-0.15, -0.1) is 0 Å². The first-order valence-corrected chi connectivity index (χ1v) is 6.18. The minimum absolute atomic E-state index is 0.0844. The van der Waals surface area contributed by atoms with Crippen molar-refractivity contribution in [3.05, 3.63) is 35.1 Å². The largest absolute Gasteiger partial charge is 0.330 e. The Bertz CT molecular complexity index is 362. The van der Waals surface area contributed by atoms with Crippen LogP contribution in [-0.4, -0.2) is 6.54 Å². The van der Waals surface area contributed by atoms with Crippen molar-refractivity contribution in [2.24, 2.45) is 11.7 Å². The van der Waals surface area contributed by atoms with E-state index in [4.69, 9.17) is 5.73 Å². The van der Waals surface area contributed by atoms with Crippen LogP contribution in [0.15, 0.2) is 18.2 Å². The molecule has 2 unspecified atom stereocenters. The molecule has 0 heterocycles. The summed E-state index contributed by atoms with van der Waals surface area (Å²) >= 11 is 0. The maximum atomic E-state index is 13.5. The summed E-state index contributed by atoms with van der Waals surface area (Å²) in [4.78, 5) is 0. The molecular formula is C14H20FN. The summed E-state index contributed by atoms with van der Waals surface area (Å²) in [6, 6.07) is 5.65. The first-order valence-electron chi connectivity index (χ1n) is 6.18. The van der Waals surface area contributed by atoms with Crippen LogP contribution in [0.2, 0.25) is 0 Å². The summed E-state index contributed by atoms with van der Waals surface area (Å²) < 4.78 is 13.5. The number of rotatable bonds is 2. The van der Waals surface area contributed by atoms with E-state index in [9.17, 15) is 4.39 Å². The molecule has 1 saturated carbocycles. The van der Waals surface area contributed by atoms with Crippen LogP contribution in [0.25, 0.3) is 0 Å². The Balaban J connectivity index is 2.23. The average Bonchev–Trinajstić information content (AvgIpc) is 2.32. The van der Waals surface area contributed by atoms with Gasteiger partial charge < -0.3 is 5.73 Å². The SMILES string of the molecule is Cc1ccc(C2CCCCC2CN)cc1F. The van der Waals surface area contributed by atoms with Crippen LogP contribution < -0.4 is 5.73 Å². The molecular weight excluding hydrogens is 201 g/mol. The van der Waals surface area contributed by atoms with Gasteiger partial charge in [0.2, 0.25) is 0 Å². The number of hydrogen-bond acceptors (Lipinski definition) is 1. The van der Waals surface area contributed by atoms with Crippen molar-refractivity contribution < 1.29 is 4.39 Å². The third kappa shape index (κ3) is 2.27. The number of hydrogen-bond donors (Lipinski definition) is 1. The zero-order chi connectivity index (χ0) is 11.5. The minimum Gasteiger partial charge on any atom is -0.330 e. The van der Waals surface area contributed by atoms with Crippen molar-refractivity contribution in [1.29, 1.82) is 0 Å². The van der Waals surface area contributed by atoms with Crippen molar-refractivity contribution in [2.45, 2.75) is 38.5 Å². The normalized spacial score (nSPS) is 25.7. The fourth-order valence-corrected chi connectivity index (χ4v) is 2.77. The van der Waals surface area contributed by atoms with Gasteiger partial charge in [0, 0.05) is 0 Å². The summed E-state index contributed by atoms with van der Waals surface area (Å²) in [6.07, 6.45) is 4.87. The van der Waals surface area contributed by atoms with E-state index in [0.29, 0.717) is 11.8 Å². The molecule has 1 aromatic rings. The molecule has 0 saturated heterocycles.